The van der Waals surface area contributed by atoms with Gasteiger partial charge in [0.1, 0.15) is 0 Å². The number of hydrogen-bond acceptors (Lipinski definition) is 11. The Hall–Kier alpha value is -5.36. The van der Waals surface area contributed by atoms with E-state index in [0.717, 1.165) is 27.8 Å². The van der Waals surface area contributed by atoms with Crippen molar-refractivity contribution < 1.29 is 43.3 Å². The monoisotopic (exact) mass is 1090 g/mol. The van der Waals surface area contributed by atoms with Crippen LogP contribution in [0.3, 0.4) is 0 Å². The Morgan fingerprint density at radius 2 is 0.622 bits per heavy atom. The highest BCUT2D eigenvalue weighted by Crippen LogP contribution is 2.23. The Kier molecular flexibility index (Phi) is 22.9. The van der Waals surface area contributed by atoms with Crippen LogP contribution in [0.4, 0.5) is 0 Å². The SMILES string of the molecule is Cc1ccc(S(=O)(=O)N(CCCNC=O)CCCN(CCN(CCN(CCCN(CCCNC=O)S(=O)(=O)c2ccc(C)cc2)S(=O)(=O)c2ccc(C)cc2)Cc2ccccc2)S(=O)(=O)c2ccc(C)cc2)cc1. The molecule has 0 unspecified atom stereocenters. The Morgan fingerprint density at radius 1 is 0.351 bits per heavy atom. The average Bonchev–Trinajstić information content (AvgIpc) is 3.37. The van der Waals surface area contributed by atoms with Gasteiger partial charge in [0, 0.05) is 85.1 Å². The fourth-order valence-corrected chi connectivity index (χ4v) is 14.1. The molecule has 0 radical (unpaired) electrons. The van der Waals surface area contributed by atoms with Crippen LogP contribution >= 0.6 is 0 Å². The summed E-state index contributed by atoms with van der Waals surface area (Å²) in [7, 11) is -16.3. The molecular formula is C53H71N7O10S4. The largest absolute Gasteiger partial charge is 0.359 e. The summed E-state index contributed by atoms with van der Waals surface area (Å²) < 4.78 is 120. The molecule has 402 valence electrons. The molecule has 5 aromatic carbocycles. The first-order valence-corrected chi connectivity index (χ1v) is 30.4. The summed E-state index contributed by atoms with van der Waals surface area (Å²) in [5.74, 6) is 0. The third-order valence-corrected chi connectivity index (χ3v) is 20.1. The predicted octanol–water partition coefficient (Wildman–Crippen LogP) is 5.54. The van der Waals surface area contributed by atoms with E-state index in [9.17, 15) is 43.3 Å². The van der Waals surface area contributed by atoms with E-state index in [1.165, 1.54) is 65.8 Å². The highest BCUT2D eigenvalue weighted by molar-refractivity contribution is 7.90. The van der Waals surface area contributed by atoms with Crippen LogP contribution in [0, 0.1) is 27.7 Å². The van der Waals surface area contributed by atoms with Crippen molar-refractivity contribution in [2.45, 2.75) is 79.5 Å². The molecule has 0 fully saturated rings. The van der Waals surface area contributed by atoms with Crippen molar-refractivity contribution in [3.63, 3.8) is 0 Å². The van der Waals surface area contributed by atoms with E-state index in [1.54, 1.807) is 48.5 Å². The van der Waals surface area contributed by atoms with Gasteiger partial charge in [-0.15, -0.1) is 0 Å². The second-order valence-electron chi connectivity index (χ2n) is 18.2. The average molecular weight is 1090 g/mol. The van der Waals surface area contributed by atoms with Gasteiger partial charge in [-0.3, -0.25) is 14.5 Å². The van der Waals surface area contributed by atoms with Gasteiger partial charge in [-0.25, -0.2) is 33.7 Å². The number of nitrogens with zero attached hydrogens (tertiary/aromatic N) is 5. The summed E-state index contributed by atoms with van der Waals surface area (Å²) in [6, 6.07) is 35.5. The number of carbonyl (C=O) groups excluding carboxylic acids is 2. The molecule has 74 heavy (non-hydrogen) atoms. The molecular weight excluding hydrogens is 1020 g/mol. The molecule has 0 aliphatic heterocycles. The molecule has 0 saturated heterocycles. The van der Waals surface area contributed by atoms with Gasteiger partial charge < -0.3 is 10.6 Å². The minimum absolute atomic E-state index is 0.0177. The van der Waals surface area contributed by atoms with Crippen molar-refractivity contribution in [3.05, 3.63) is 155 Å². The molecule has 0 heterocycles. The number of carbonyl (C=O) groups is 2. The minimum Gasteiger partial charge on any atom is -0.359 e. The second-order valence-corrected chi connectivity index (χ2v) is 25.9. The summed E-state index contributed by atoms with van der Waals surface area (Å²) in [5, 5.41) is 5.14. The van der Waals surface area contributed by atoms with Crippen molar-refractivity contribution in [2.24, 2.45) is 0 Å². The molecule has 0 saturated carbocycles. The van der Waals surface area contributed by atoms with E-state index in [-0.39, 0.29) is 111 Å². The number of amides is 2. The Labute approximate surface area is 439 Å². The maximum absolute atomic E-state index is 14.6. The zero-order chi connectivity index (χ0) is 53.8. The maximum Gasteiger partial charge on any atom is 0.243 e. The van der Waals surface area contributed by atoms with E-state index in [4.69, 9.17) is 0 Å². The van der Waals surface area contributed by atoms with E-state index in [0.29, 0.717) is 32.2 Å². The molecule has 0 aliphatic carbocycles. The van der Waals surface area contributed by atoms with Crippen molar-refractivity contribution in [2.75, 3.05) is 78.5 Å². The fourth-order valence-electron chi connectivity index (χ4n) is 8.14. The summed E-state index contributed by atoms with van der Waals surface area (Å²) in [5.41, 5.74) is 4.40. The lowest BCUT2D eigenvalue weighted by molar-refractivity contribution is -0.110. The molecule has 5 rings (SSSR count). The third-order valence-electron chi connectivity index (χ3n) is 12.5. The zero-order valence-corrected chi connectivity index (χ0v) is 46.0. The number of rotatable bonds is 34. The topological polar surface area (TPSA) is 211 Å². The van der Waals surface area contributed by atoms with Crippen LogP contribution in [0.1, 0.15) is 53.5 Å². The number of aryl methyl sites for hydroxylation is 4. The lowest BCUT2D eigenvalue weighted by atomic mass is 10.2. The first kappa shape index (κ1) is 59.5. The van der Waals surface area contributed by atoms with Gasteiger partial charge in [0.2, 0.25) is 52.9 Å². The van der Waals surface area contributed by atoms with Crippen molar-refractivity contribution in [1.82, 2.24) is 32.8 Å². The van der Waals surface area contributed by atoms with E-state index in [1.807, 2.05) is 62.9 Å². The summed E-state index contributed by atoms with van der Waals surface area (Å²) in [6.45, 7) is 8.47. The van der Waals surface area contributed by atoms with Gasteiger partial charge in [0.25, 0.3) is 0 Å². The first-order valence-electron chi connectivity index (χ1n) is 24.7. The van der Waals surface area contributed by atoms with Crippen LogP contribution < -0.4 is 10.6 Å². The molecule has 0 bridgehead atoms. The van der Waals surface area contributed by atoms with Gasteiger partial charge >= 0.3 is 0 Å². The molecule has 0 aliphatic rings. The summed E-state index contributed by atoms with van der Waals surface area (Å²) in [4.78, 5) is 24.3. The molecule has 0 spiro atoms. The number of sulfonamides is 4. The number of nitrogens with one attached hydrogen (secondary N) is 2. The van der Waals surface area contributed by atoms with Crippen LogP contribution in [-0.2, 0) is 56.2 Å². The first-order chi connectivity index (χ1) is 35.3. The van der Waals surface area contributed by atoms with Gasteiger partial charge in [0.15, 0.2) is 0 Å². The third kappa shape index (κ3) is 17.4. The Bertz CT molecular complexity index is 2800. The lowest BCUT2D eigenvalue weighted by Gasteiger charge is -2.31. The second kappa shape index (κ2) is 28.5. The van der Waals surface area contributed by atoms with Crippen LogP contribution in [0.5, 0.6) is 0 Å². The maximum atomic E-state index is 14.6. The number of benzene rings is 5. The van der Waals surface area contributed by atoms with Gasteiger partial charge in [-0.2, -0.15) is 17.2 Å². The Balaban J connectivity index is 1.43. The van der Waals surface area contributed by atoms with Crippen LogP contribution in [-0.4, -0.2) is 147 Å². The molecule has 2 amide bonds. The highest BCUT2D eigenvalue weighted by Gasteiger charge is 2.30. The molecule has 17 nitrogen and oxygen atoms in total. The van der Waals surface area contributed by atoms with Gasteiger partial charge in [0.05, 0.1) is 19.6 Å². The number of hydrogen-bond donors (Lipinski definition) is 2. The van der Waals surface area contributed by atoms with E-state index < -0.39 is 40.1 Å². The van der Waals surface area contributed by atoms with E-state index in [2.05, 4.69) is 10.6 Å². The van der Waals surface area contributed by atoms with Gasteiger partial charge in [-0.05, 0) is 107 Å². The normalized spacial score (nSPS) is 12.5. The standard InChI is InChI=1S/C53H71N7O10S4/c1-45-14-22-50(23-15-45)71(63,64)57(32-8-30-54-43-61)34-10-36-59(73(67,68)52-26-18-47(3)19-27-52)40-38-56(42-49-12-6-5-7-13-49)39-41-60(74(69,70)53-28-20-48(4)21-29-53)37-11-35-58(33-9-31-55-44-62)72(65,66)51-24-16-46(2)17-25-51/h5-7,12-29,43-44H,8-11,30-42H2,1-4H3,(H,54,61)(H,55,62). The van der Waals surface area contributed by atoms with Crippen LogP contribution in [0.2, 0.25) is 0 Å². The minimum atomic E-state index is -4.15. The molecule has 5 aromatic rings. The molecule has 0 atom stereocenters. The smallest absolute Gasteiger partial charge is 0.243 e. The highest BCUT2D eigenvalue weighted by atomic mass is 32.2. The molecule has 21 heteroatoms. The van der Waals surface area contributed by atoms with Crippen molar-refractivity contribution in [3.8, 4) is 0 Å². The van der Waals surface area contributed by atoms with Crippen molar-refractivity contribution >= 4 is 52.9 Å². The molecule has 2 N–H and O–H groups in total. The van der Waals surface area contributed by atoms with Gasteiger partial charge in [-0.1, -0.05) is 101 Å². The van der Waals surface area contributed by atoms with Crippen LogP contribution in [0.25, 0.3) is 0 Å². The Morgan fingerprint density at radius 3 is 0.905 bits per heavy atom. The van der Waals surface area contributed by atoms with Crippen molar-refractivity contribution in [1.29, 1.82) is 0 Å². The van der Waals surface area contributed by atoms with Crippen LogP contribution in [0.15, 0.2) is 147 Å². The lowest BCUT2D eigenvalue weighted by Crippen LogP contribution is -2.44. The zero-order valence-electron chi connectivity index (χ0n) is 42.8. The molecule has 0 aromatic heterocycles. The predicted molar refractivity (Wildman–Crippen MR) is 288 cm³/mol. The fraction of sp³-hybridized carbons (Fsp3) is 0.396. The summed E-state index contributed by atoms with van der Waals surface area (Å²) >= 11 is 0. The van der Waals surface area contributed by atoms with E-state index >= 15 is 0 Å². The quantitative estimate of drug-likeness (QED) is 0.0386. The summed E-state index contributed by atoms with van der Waals surface area (Å²) in [6.07, 6.45) is 2.00.